The third kappa shape index (κ3) is 3.97. The Balaban J connectivity index is 1.38. The first-order chi connectivity index (χ1) is 17.0. The summed E-state index contributed by atoms with van der Waals surface area (Å²) in [7, 11) is 0. The van der Waals surface area contributed by atoms with Crippen molar-refractivity contribution in [3.63, 3.8) is 0 Å². The number of H-pyrrole nitrogens is 1. The highest BCUT2D eigenvalue weighted by molar-refractivity contribution is 5.99. The summed E-state index contributed by atoms with van der Waals surface area (Å²) < 4.78 is 1.92. The van der Waals surface area contributed by atoms with Gasteiger partial charge in [0, 0.05) is 32.0 Å². The average Bonchev–Trinajstić information content (AvgIpc) is 3.56. The van der Waals surface area contributed by atoms with Gasteiger partial charge in [-0.2, -0.15) is 5.10 Å². The Kier molecular flexibility index (Phi) is 5.14. The van der Waals surface area contributed by atoms with Crippen molar-refractivity contribution >= 4 is 33.8 Å². The fraction of sp³-hybridized carbons (Fsp3) is 0.240. The van der Waals surface area contributed by atoms with Crippen LogP contribution in [0.1, 0.15) is 30.8 Å². The van der Waals surface area contributed by atoms with Crippen molar-refractivity contribution < 1.29 is 4.79 Å². The summed E-state index contributed by atoms with van der Waals surface area (Å²) in [6.45, 7) is 2.90. The molecule has 0 aliphatic carbocycles. The van der Waals surface area contributed by atoms with E-state index in [1.54, 1.807) is 0 Å². The zero-order chi connectivity index (χ0) is 23.9. The standard InChI is InChI=1S/C25H25N9O/c1-15(35)31-33-10-9-18(13-33)34-25-22(24(26)27-14-28-25)23(32-34)17-7-8-19-20(12-17)30-21(29-19)11-16-5-3-2-4-6-16/h2-8,12,14,18H,9-11,13H2,1H3,(H,29,30)(H,31,35)(H2,26,27,28). The number of hydrazine groups is 1. The van der Waals surface area contributed by atoms with E-state index in [0.717, 1.165) is 52.9 Å². The highest BCUT2D eigenvalue weighted by Gasteiger charge is 2.29. The number of rotatable bonds is 5. The summed E-state index contributed by atoms with van der Waals surface area (Å²) in [5.74, 6) is 1.22. The van der Waals surface area contributed by atoms with E-state index in [1.165, 1.54) is 18.8 Å². The second-order valence-electron chi connectivity index (χ2n) is 8.88. The van der Waals surface area contributed by atoms with Crippen LogP contribution in [0.5, 0.6) is 0 Å². The van der Waals surface area contributed by atoms with Crippen LogP contribution < -0.4 is 11.2 Å². The minimum atomic E-state index is -0.0808. The number of anilines is 1. The van der Waals surface area contributed by atoms with Crippen LogP contribution in [0.25, 0.3) is 33.3 Å². The van der Waals surface area contributed by atoms with E-state index in [1.807, 2.05) is 46.1 Å². The van der Waals surface area contributed by atoms with Crippen LogP contribution in [0.2, 0.25) is 0 Å². The number of carbonyl (C=O) groups excluding carboxylic acids is 1. The molecule has 6 rings (SSSR count). The highest BCUT2D eigenvalue weighted by Crippen LogP contribution is 2.34. The van der Waals surface area contributed by atoms with Crippen LogP contribution in [0, 0.1) is 0 Å². The maximum atomic E-state index is 11.5. The Hall–Kier alpha value is -4.31. The molecule has 0 bridgehead atoms. The third-order valence-corrected chi connectivity index (χ3v) is 6.36. The maximum absolute atomic E-state index is 11.5. The summed E-state index contributed by atoms with van der Waals surface area (Å²) >= 11 is 0. The number of nitrogen functional groups attached to an aromatic ring is 1. The lowest BCUT2D eigenvalue weighted by Gasteiger charge is -2.16. The number of nitrogens with zero attached hydrogens (tertiary/aromatic N) is 6. The van der Waals surface area contributed by atoms with Gasteiger partial charge in [-0.25, -0.2) is 24.6 Å². The number of amides is 1. The molecule has 4 heterocycles. The van der Waals surface area contributed by atoms with E-state index in [9.17, 15) is 4.79 Å². The van der Waals surface area contributed by atoms with Crippen LogP contribution in [0.4, 0.5) is 5.82 Å². The Morgan fingerprint density at radius 1 is 1.20 bits per heavy atom. The summed E-state index contributed by atoms with van der Waals surface area (Å²) in [5.41, 5.74) is 14.5. The first kappa shape index (κ1) is 21.2. The molecule has 4 N–H and O–H groups in total. The van der Waals surface area contributed by atoms with Gasteiger partial charge in [0.05, 0.1) is 22.5 Å². The van der Waals surface area contributed by atoms with Crippen LogP contribution >= 0.6 is 0 Å². The number of aromatic nitrogens is 6. The molecule has 5 aromatic rings. The van der Waals surface area contributed by atoms with Crippen LogP contribution in [0.3, 0.4) is 0 Å². The number of hydrogen-bond donors (Lipinski definition) is 3. The third-order valence-electron chi connectivity index (χ3n) is 6.36. The molecule has 0 radical (unpaired) electrons. The molecular formula is C25H25N9O. The number of fused-ring (bicyclic) bond motifs is 2. The summed E-state index contributed by atoms with van der Waals surface area (Å²) in [6, 6.07) is 16.4. The number of benzene rings is 2. The molecule has 3 aromatic heterocycles. The molecule has 2 aromatic carbocycles. The van der Waals surface area contributed by atoms with Crippen molar-refractivity contribution in [2.75, 3.05) is 18.8 Å². The van der Waals surface area contributed by atoms with Crippen LogP contribution in [-0.4, -0.2) is 53.7 Å². The Labute approximate surface area is 201 Å². The molecule has 1 unspecified atom stereocenters. The summed E-state index contributed by atoms with van der Waals surface area (Å²) in [4.78, 5) is 28.4. The monoisotopic (exact) mass is 467 g/mol. The number of nitrogens with one attached hydrogen (secondary N) is 2. The molecule has 10 heteroatoms. The molecular weight excluding hydrogens is 442 g/mol. The largest absolute Gasteiger partial charge is 0.383 e. The number of hydrogen-bond acceptors (Lipinski definition) is 7. The van der Waals surface area contributed by atoms with E-state index < -0.39 is 0 Å². The van der Waals surface area contributed by atoms with Gasteiger partial charge in [0.1, 0.15) is 23.7 Å². The Morgan fingerprint density at radius 3 is 2.89 bits per heavy atom. The van der Waals surface area contributed by atoms with Gasteiger partial charge in [0.25, 0.3) is 0 Å². The second-order valence-corrected chi connectivity index (χ2v) is 8.88. The molecule has 1 aliphatic heterocycles. The topological polar surface area (TPSA) is 131 Å². The van der Waals surface area contributed by atoms with Crippen molar-refractivity contribution in [2.24, 2.45) is 0 Å². The van der Waals surface area contributed by atoms with Gasteiger partial charge in [0.15, 0.2) is 5.65 Å². The molecule has 10 nitrogen and oxygen atoms in total. The van der Waals surface area contributed by atoms with Crippen LogP contribution in [-0.2, 0) is 11.2 Å². The lowest BCUT2D eigenvalue weighted by molar-refractivity contribution is -0.123. The van der Waals surface area contributed by atoms with Gasteiger partial charge in [-0.15, -0.1) is 0 Å². The lowest BCUT2D eigenvalue weighted by atomic mass is 10.1. The molecule has 1 atom stereocenters. The fourth-order valence-electron chi connectivity index (χ4n) is 4.80. The maximum Gasteiger partial charge on any atom is 0.231 e. The van der Waals surface area contributed by atoms with E-state index >= 15 is 0 Å². The molecule has 0 spiro atoms. The highest BCUT2D eigenvalue weighted by atomic mass is 16.2. The van der Waals surface area contributed by atoms with Gasteiger partial charge < -0.3 is 10.7 Å². The van der Waals surface area contributed by atoms with Crippen molar-refractivity contribution in [3.05, 3.63) is 66.2 Å². The van der Waals surface area contributed by atoms with Gasteiger partial charge in [-0.1, -0.05) is 36.4 Å². The van der Waals surface area contributed by atoms with Crippen molar-refractivity contribution in [1.29, 1.82) is 0 Å². The molecule has 1 amide bonds. The van der Waals surface area contributed by atoms with E-state index in [-0.39, 0.29) is 11.9 Å². The van der Waals surface area contributed by atoms with E-state index in [2.05, 4.69) is 32.5 Å². The van der Waals surface area contributed by atoms with Gasteiger partial charge in [-0.05, 0) is 24.1 Å². The summed E-state index contributed by atoms with van der Waals surface area (Å²) in [5, 5.41) is 7.60. The van der Waals surface area contributed by atoms with Gasteiger partial charge in [-0.3, -0.25) is 10.2 Å². The Bertz CT molecular complexity index is 1540. The zero-order valence-electron chi connectivity index (χ0n) is 19.3. The van der Waals surface area contributed by atoms with Crippen LogP contribution in [0.15, 0.2) is 54.9 Å². The molecule has 1 aliphatic rings. The van der Waals surface area contributed by atoms with Crippen molar-refractivity contribution in [3.8, 4) is 11.3 Å². The minimum Gasteiger partial charge on any atom is -0.383 e. The number of aromatic amines is 1. The van der Waals surface area contributed by atoms with Crippen molar-refractivity contribution in [1.82, 2.24) is 40.2 Å². The quantitative estimate of drug-likeness (QED) is 0.362. The normalized spacial score (nSPS) is 16.3. The number of nitrogens with two attached hydrogens (primary N) is 1. The van der Waals surface area contributed by atoms with E-state index in [4.69, 9.17) is 15.8 Å². The predicted octanol–water partition coefficient (Wildman–Crippen LogP) is 2.84. The van der Waals surface area contributed by atoms with E-state index in [0.29, 0.717) is 18.0 Å². The lowest BCUT2D eigenvalue weighted by Crippen LogP contribution is -2.39. The zero-order valence-corrected chi connectivity index (χ0v) is 19.3. The first-order valence-electron chi connectivity index (χ1n) is 11.6. The average molecular weight is 468 g/mol. The number of carbonyl (C=O) groups is 1. The summed E-state index contributed by atoms with van der Waals surface area (Å²) in [6.07, 6.45) is 3.03. The fourth-order valence-corrected chi connectivity index (χ4v) is 4.80. The second kappa shape index (κ2) is 8.48. The number of imidazole rings is 1. The van der Waals surface area contributed by atoms with Crippen molar-refractivity contribution in [2.45, 2.75) is 25.8 Å². The van der Waals surface area contributed by atoms with Gasteiger partial charge >= 0.3 is 0 Å². The minimum absolute atomic E-state index is 0.0563. The predicted molar refractivity (Wildman–Crippen MR) is 133 cm³/mol. The molecule has 176 valence electrons. The molecule has 35 heavy (non-hydrogen) atoms. The molecule has 1 saturated heterocycles. The molecule has 1 fully saturated rings. The Morgan fingerprint density at radius 2 is 2.06 bits per heavy atom. The first-order valence-corrected chi connectivity index (χ1v) is 11.6. The molecule has 0 saturated carbocycles. The SMILES string of the molecule is CC(=O)NN1CCC(n2nc(-c3ccc4nc(Cc5ccccc5)[nH]c4c3)c3c(N)ncnc32)C1. The smallest absolute Gasteiger partial charge is 0.231 e. The van der Waals surface area contributed by atoms with Gasteiger partial charge in [0.2, 0.25) is 5.91 Å².